The maximum absolute atomic E-state index is 2.22. The van der Waals surface area contributed by atoms with Gasteiger partial charge in [0, 0.05) is 0 Å². The number of halogens is 2. The summed E-state index contributed by atoms with van der Waals surface area (Å²) in [6.07, 6.45) is 1.21. The van der Waals surface area contributed by atoms with Gasteiger partial charge in [-0.25, -0.2) is 0 Å². The average molecular weight is 228 g/mol. The molecule has 0 radical (unpaired) electrons. The molecule has 0 aromatic rings. The summed E-state index contributed by atoms with van der Waals surface area (Å²) in [5, 5.41) is 0. The van der Waals surface area contributed by atoms with Gasteiger partial charge in [-0.15, -0.1) is 24.8 Å². The Morgan fingerprint density at radius 1 is 1.00 bits per heavy atom. The van der Waals surface area contributed by atoms with Gasteiger partial charge in [0.25, 0.3) is 0 Å². The first-order chi connectivity index (χ1) is 4.13. The fourth-order valence-electron chi connectivity index (χ4n) is 1.08. The summed E-state index contributed by atoms with van der Waals surface area (Å²) in [5.74, 6) is 0. The first-order valence-corrected chi connectivity index (χ1v) is 3.99. The van der Waals surface area contributed by atoms with Gasteiger partial charge in [0.1, 0.15) is 0 Å². The summed E-state index contributed by atoms with van der Waals surface area (Å²) in [7, 11) is 0. The second-order valence-electron chi connectivity index (χ2n) is 2.69. The third kappa shape index (κ3) is 2.95. The van der Waals surface area contributed by atoms with E-state index in [0.29, 0.717) is 0 Å². The van der Waals surface area contributed by atoms with Crippen LogP contribution >= 0.6 is 24.8 Å². The second kappa shape index (κ2) is 5.43. The molecule has 0 bridgehead atoms. The molecule has 0 saturated carbocycles. The van der Waals surface area contributed by atoms with E-state index in [4.69, 9.17) is 0 Å². The van der Waals surface area contributed by atoms with Gasteiger partial charge < -0.3 is 0 Å². The molecule has 0 N–H and O–H groups in total. The van der Waals surface area contributed by atoms with Crippen molar-refractivity contribution >= 4 is 24.8 Å². The van der Waals surface area contributed by atoms with Crippen molar-refractivity contribution in [2.75, 3.05) is 0 Å². The molecular formula is C8H13Cl2Ti. The Bertz CT molecular complexity index is 182. The van der Waals surface area contributed by atoms with Gasteiger partial charge in [0.15, 0.2) is 0 Å². The predicted octanol–water partition coefficient (Wildman–Crippen LogP) is 3.39. The molecule has 3 heteroatoms. The summed E-state index contributed by atoms with van der Waals surface area (Å²) < 4.78 is 1.55. The molecule has 0 amide bonds. The van der Waals surface area contributed by atoms with Gasteiger partial charge in [-0.1, -0.05) is 0 Å². The minimum absolute atomic E-state index is 0. The van der Waals surface area contributed by atoms with E-state index >= 15 is 0 Å². The van der Waals surface area contributed by atoms with Gasteiger partial charge in [-0.2, -0.15) is 0 Å². The van der Waals surface area contributed by atoms with Crippen LogP contribution in [0.4, 0.5) is 0 Å². The van der Waals surface area contributed by atoms with E-state index in [-0.39, 0.29) is 24.8 Å². The fourth-order valence-corrected chi connectivity index (χ4v) is 1.78. The average Bonchev–Trinajstić information content (AvgIpc) is 1.98. The minimum atomic E-state index is 0. The van der Waals surface area contributed by atoms with Crippen molar-refractivity contribution < 1.29 is 20.4 Å². The molecule has 1 rings (SSSR count). The minimum Gasteiger partial charge on any atom is -0.147 e. The van der Waals surface area contributed by atoms with Crippen molar-refractivity contribution in [2.24, 2.45) is 0 Å². The van der Waals surface area contributed by atoms with Crippen LogP contribution in [0.15, 0.2) is 20.6 Å². The number of allylic oxidation sites excluding steroid dienone is 4. The van der Waals surface area contributed by atoms with Gasteiger partial charge in [-0.05, 0) is 0 Å². The van der Waals surface area contributed by atoms with Crippen LogP contribution in [0.25, 0.3) is 0 Å². The van der Waals surface area contributed by atoms with Crippen LogP contribution in [0.5, 0.6) is 0 Å². The third-order valence-corrected chi connectivity index (χ3v) is 2.96. The van der Waals surface area contributed by atoms with E-state index in [0.717, 1.165) is 0 Å². The van der Waals surface area contributed by atoms with Gasteiger partial charge >= 0.3 is 68.2 Å². The third-order valence-electron chi connectivity index (χ3n) is 2.10. The molecule has 11 heavy (non-hydrogen) atoms. The number of hydrogen-bond acceptors (Lipinski definition) is 0. The maximum atomic E-state index is 2.22. The summed E-state index contributed by atoms with van der Waals surface area (Å²) >= 11 is 2.22. The van der Waals surface area contributed by atoms with E-state index in [9.17, 15) is 0 Å². The Morgan fingerprint density at radius 3 is 1.55 bits per heavy atom. The zero-order valence-corrected chi connectivity index (χ0v) is 10.2. The summed E-state index contributed by atoms with van der Waals surface area (Å²) in [5.41, 5.74) is 4.56. The van der Waals surface area contributed by atoms with E-state index in [1.165, 1.54) is 17.6 Å². The molecule has 0 aliphatic heterocycles. The first kappa shape index (κ1) is 14.3. The molecule has 0 saturated heterocycles. The maximum Gasteiger partial charge on any atom is -0.147 e. The smallest absolute Gasteiger partial charge is 0.147 e. The van der Waals surface area contributed by atoms with Crippen molar-refractivity contribution in [2.45, 2.75) is 27.2 Å². The van der Waals surface area contributed by atoms with E-state index in [1.807, 2.05) is 0 Å². The van der Waals surface area contributed by atoms with Crippen LogP contribution in [0, 0.1) is 0 Å². The van der Waals surface area contributed by atoms with Crippen molar-refractivity contribution in [1.29, 1.82) is 0 Å². The number of rotatable bonds is 0. The topological polar surface area (TPSA) is 0 Å². The van der Waals surface area contributed by atoms with Crippen LogP contribution in [-0.4, -0.2) is 0 Å². The molecule has 0 nitrogen and oxygen atoms in total. The fraction of sp³-hybridized carbons (Fsp3) is 0.500. The molecule has 0 heterocycles. The van der Waals surface area contributed by atoms with E-state index in [1.54, 1.807) is 9.45 Å². The zero-order chi connectivity index (χ0) is 7.02. The van der Waals surface area contributed by atoms with Crippen molar-refractivity contribution in [1.82, 2.24) is 0 Å². The van der Waals surface area contributed by atoms with Gasteiger partial charge in [0.2, 0.25) is 0 Å². The quantitative estimate of drug-likeness (QED) is 0.557. The Kier molecular flexibility index (Phi) is 7.06. The van der Waals surface area contributed by atoms with Gasteiger partial charge in [-0.3, -0.25) is 0 Å². The van der Waals surface area contributed by atoms with Crippen LogP contribution in [0.2, 0.25) is 0 Å². The standard InChI is InChI=1S/C8H11.2ClH.Ti/c1-6-4-5-7(2)8(6)3;;;/h4H2,1-3H3;2*1H;. The Labute approximate surface area is 92.7 Å². The summed E-state index contributed by atoms with van der Waals surface area (Å²) in [6, 6.07) is 0. The monoisotopic (exact) mass is 227 g/mol. The predicted molar refractivity (Wildman–Crippen MR) is 50.2 cm³/mol. The SMILES string of the molecule is CC1=C(C)C(C)=[C]([Ti])C1.Cl.Cl. The molecule has 1 aliphatic rings. The molecule has 0 fully saturated rings. The molecule has 0 unspecified atom stereocenters. The summed E-state index contributed by atoms with van der Waals surface area (Å²) in [4.78, 5) is 0. The van der Waals surface area contributed by atoms with Crippen molar-refractivity contribution in [3.05, 3.63) is 20.6 Å². The first-order valence-electron chi connectivity index (χ1n) is 3.21. The molecule has 0 spiro atoms. The van der Waals surface area contributed by atoms with E-state index in [2.05, 4.69) is 41.2 Å². The van der Waals surface area contributed by atoms with Crippen LogP contribution in [0.1, 0.15) is 27.2 Å². The molecule has 0 aromatic heterocycles. The normalized spacial score (nSPS) is 16.2. The van der Waals surface area contributed by atoms with Crippen LogP contribution in [-0.2, 0) is 20.4 Å². The Balaban J connectivity index is 0. The Morgan fingerprint density at radius 2 is 1.45 bits per heavy atom. The molecule has 1 aliphatic carbocycles. The van der Waals surface area contributed by atoms with Crippen LogP contribution in [0.3, 0.4) is 0 Å². The number of hydrogen-bond donors (Lipinski definition) is 0. The Hall–Kier alpha value is 0.774. The van der Waals surface area contributed by atoms with Crippen molar-refractivity contribution in [3.63, 3.8) is 0 Å². The van der Waals surface area contributed by atoms with Crippen molar-refractivity contribution in [3.8, 4) is 0 Å². The second-order valence-corrected chi connectivity index (χ2v) is 3.63. The van der Waals surface area contributed by atoms with Crippen LogP contribution < -0.4 is 0 Å². The molecule has 0 atom stereocenters. The summed E-state index contributed by atoms with van der Waals surface area (Å²) in [6.45, 7) is 6.64. The largest absolute Gasteiger partial charge is 0.147 e. The molecule has 0 aromatic carbocycles. The molecular weight excluding hydrogens is 215 g/mol. The van der Waals surface area contributed by atoms with E-state index < -0.39 is 0 Å². The van der Waals surface area contributed by atoms with Gasteiger partial charge in [0.05, 0.1) is 0 Å². The zero-order valence-electron chi connectivity index (χ0n) is 7.02. The molecule has 63 valence electrons.